The van der Waals surface area contributed by atoms with E-state index in [0.717, 1.165) is 5.69 Å². The second-order valence-corrected chi connectivity index (χ2v) is 7.84. The molecular weight excluding hydrogens is 368 g/mol. The van der Waals surface area contributed by atoms with E-state index in [1.54, 1.807) is 23.1 Å². The quantitative estimate of drug-likeness (QED) is 0.745. The molecule has 0 aromatic heterocycles. The second-order valence-electron chi connectivity index (χ2n) is 6.27. The Morgan fingerprint density at radius 1 is 1.07 bits per heavy atom. The van der Waals surface area contributed by atoms with Crippen LogP contribution in [-0.4, -0.2) is 32.6 Å². The average Bonchev–Trinajstić information content (AvgIpc) is 3.18. The number of hydrogen-bond acceptors (Lipinski definition) is 5. The molecule has 1 atom stereocenters. The van der Waals surface area contributed by atoms with Gasteiger partial charge >= 0.3 is 0 Å². The van der Waals surface area contributed by atoms with Crippen molar-refractivity contribution < 1.29 is 18.0 Å². The number of nitrogens with zero attached hydrogens (tertiary/aromatic N) is 2. The van der Waals surface area contributed by atoms with E-state index < -0.39 is 21.8 Å². The highest BCUT2D eigenvalue weighted by Gasteiger charge is 2.35. The summed E-state index contributed by atoms with van der Waals surface area (Å²) in [5.74, 6) is -1.01. The third kappa shape index (κ3) is 3.17. The largest absolute Gasteiger partial charge is 0.312 e. The first-order chi connectivity index (χ1) is 13.0. The Labute approximate surface area is 155 Å². The summed E-state index contributed by atoms with van der Waals surface area (Å²) in [6.07, 6.45) is 0.0871. The second kappa shape index (κ2) is 6.51. The molecule has 2 aromatic rings. The molecule has 1 fully saturated rings. The average molecular weight is 384 g/mol. The zero-order chi connectivity index (χ0) is 19.0. The molecule has 2 N–H and O–H groups in total. The van der Waals surface area contributed by atoms with E-state index in [-0.39, 0.29) is 29.6 Å². The van der Waals surface area contributed by atoms with Gasteiger partial charge in [0.15, 0.2) is 5.84 Å². The molecule has 0 saturated carbocycles. The summed E-state index contributed by atoms with van der Waals surface area (Å²) in [6.45, 7) is 0.262. The van der Waals surface area contributed by atoms with Crippen molar-refractivity contribution in [2.45, 2.75) is 11.3 Å². The van der Waals surface area contributed by atoms with Crippen molar-refractivity contribution in [1.82, 2.24) is 10.9 Å². The van der Waals surface area contributed by atoms with E-state index >= 15 is 0 Å². The Morgan fingerprint density at radius 2 is 1.78 bits per heavy atom. The van der Waals surface area contributed by atoms with Gasteiger partial charge in [-0.1, -0.05) is 30.3 Å². The maximum absolute atomic E-state index is 12.4. The third-order valence-corrected chi connectivity index (χ3v) is 5.83. The van der Waals surface area contributed by atoms with Gasteiger partial charge in [0, 0.05) is 24.2 Å². The first-order valence-electron chi connectivity index (χ1n) is 8.31. The first-order valence-corrected chi connectivity index (χ1v) is 9.75. The van der Waals surface area contributed by atoms with Gasteiger partial charge in [0.1, 0.15) is 4.90 Å². The Morgan fingerprint density at radius 3 is 2.56 bits per heavy atom. The third-order valence-electron chi connectivity index (χ3n) is 4.50. The predicted molar refractivity (Wildman–Crippen MR) is 98.3 cm³/mol. The molecule has 1 saturated heterocycles. The topological polar surface area (TPSA) is 108 Å². The fourth-order valence-corrected chi connectivity index (χ4v) is 4.34. The number of amides is 2. The fourth-order valence-electron chi connectivity index (χ4n) is 3.16. The molecule has 8 nitrogen and oxygen atoms in total. The van der Waals surface area contributed by atoms with Crippen LogP contribution in [0.1, 0.15) is 12.0 Å². The van der Waals surface area contributed by atoms with Crippen LogP contribution < -0.4 is 15.8 Å². The first kappa shape index (κ1) is 17.2. The predicted octanol–water partition coefficient (Wildman–Crippen LogP) is 0.809. The lowest BCUT2D eigenvalue weighted by Gasteiger charge is -2.16. The van der Waals surface area contributed by atoms with Crippen LogP contribution in [0.2, 0.25) is 0 Å². The van der Waals surface area contributed by atoms with Crippen LogP contribution in [-0.2, 0) is 19.6 Å². The highest BCUT2D eigenvalue weighted by atomic mass is 32.2. The SMILES string of the molecule is O=C(NNC1=NS(=O)(=O)c2ccccc21)C1CC(=O)N(c2ccccc2)C1. The van der Waals surface area contributed by atoms with E-state index in [1.165, 1.54) is 6.07 Å². The molecule has 0 bridgehead atoms. The molecule has 9 heteroatoms. The minimum Gasteiger partial charge on any atom is -0.312 e. The van der Waals surface area contributed by atoms with E-state index in [1.807, 2.05) is 30.3 Å². The minimum atomic E-state index is -3.76. The summed E-state index contributed by atoms with van der Waals surface area (Å²) in [5, 5.41) is 0. The molecule has 4 rings (SSSR count). The summed E-state index contributed by atoms with van der Waals surface area (Å²) in [5.41, 5.74) is 6.19. The van der Waals surface area contributed by atoms with Gasteiger partial charge in [0.25, 0.3) is 10.0 Å². The number of anilines is 1. The molecule has 2 heterocycles. The number of carbonyl (C=O) groups is 2. The van der Waals surface area contributed by atoms with Gasteiger partial charge in [-0.25, -0.2) is 0 Å². The molecule has 2 aliphatic rings. The number of hydrogen-bond donors (Lipinski definition) is 2. The van der Waals surface area contributed by atoms with E-state index in [9.17, 15) is 18.0 Å². The van der Waals surface area contributed by atoms with Crippen LogP contribution in [0.15, 0.2) is 63.9 Å². The molecule has 2 aliphatic heterocycles. The van der Waals surface area contributed by atoms with Crippen LogP contribution in [0.5, 0.6) is 0 Å². The highest BCUT2D eigenvalue weighted by Crippen LogP contribution is 2.26. The number of fused-ring (bicyclic) bond motifs is 1. The number of nitrogens with one attached hydrogen (secondary N) is 2. The molecular formula is C18H16N4O4S. The Bertz CT molecular complexity index is 1050. The standard InChI is InChI=1S/C18H16N4O4S/c23-16-10-12(11-22(16)13-6-2-1-3-7-13)18(24)20-19-17-14-8-4-5-9-15(14)27(25,26)21-17/h1-9,12H,10-11H2,(H,19,21)(H,20,24). The molecule has 0 radical (unpaired) electrons. The zero-order valence-electron chi connectivity index (χ0n) is 14.1. The summed E-state index contributed by atoms with van der Waals surface area (Å²) in [7, 11) is -3.76. The lowest BCUT2D eigenvalue weighted by Crippen LogP contribution is -2.45. The highest BCUT2D eigenvalue weighted by molar-refractivity contribution is 7.90. The number of benzene rings is 2. The molecule has 1 unspecified atom stereocenters. The monoisotopic (exact) mass is 384 g/mol. The zero-order valence-corrected chi connectivity index (χ0v) is 14.9. The van der Waals surface area contributed by atoms with Crippen molar-refractivity contribution in [1.29, 1.82) is 0 Å². The van der Waals surface area contributed by atoms with Crippen molar-refractivity contribution >= 4 is 33.4 Å². The number of amidine groups is 1. The number of sulfonamides is 1. The molecule has 2 aromatic carbocycles. The van der Waals surface area contributed by atoms with Crippen LogP contribution in [0, 0.1) is 5.92 Å². The van der Waals surface area contributed by atoms with Gasteiger partial charge in [-0.3, -0.25) is 20.4 Å². The van der Waals surface area contributed by atoms with Gasteiger partial charge in [-0.05, 0) is 24.3 Å². The van der Waals surface area contributed by atoms with Gasteiger partial charge in [-0.15, -0.1) is 4.40 Å². The Hall–Kier alpha value is -3.20. The number of rotatable bonds is 2. The molecule has 27 heavy (non-hydrogen) atoms. The van der Waals surface area contributed by atoms with Crippen LogP contribution in [0.4, 0.5) is 5.69 Å². The van der Waals surface area contributed by atoms with E-state index in [0.29, 0.717) is 5.56 Å². The lowest BCUT2D eigenvalue weighted by molar-refractivity contribution is -0.126. The van der Waals surface area contributed by atoms with Gasteiger partial charge in [0.05, 0.1) is 5.92 Å². The van der Waals surface area contributed by atoms with Gasteiger partial charge in [0.2, 0.25) is 11.8 Å². The molecule has 2 amide bonds. The summed E-state index contributed by atoms with van der Waals surface area (Å²) < 4.78 is 27.7. The van der Waals surface area contributed by atoms with E-state index in [4.69, 9.17) is 0 Å². The van der Waals surface area contributed by atoms with Crippen molar-refractivity contribution in [3.05, 3.63) is 60.2 Å². The summed E-state index contributed by atoms with van der Waals surface area (Å²) in [4.78, 5) is 26.3. The van der Waals surface area contributed by atoms with Crippen LogP contribution in [0.3, 0.4) is 0 Å². The van der Waals surface area contributed by atoms with Gasteiger partial charge in [-0.2, -0.15) is 8.42 Å². The Kier molecular flexibility index (Phi) is 4.15. The lowest BCUT2D eigenvalue weighted by atomic mass is 10.1. The molecule has 0 spiro atoms. The number of hydrazine groups is 1. The smallest absolute Gasteiger partial charge is 0.285 e. The summed E-state index contributed by atoms with van der Waals surface area (Å²) in [6, 6.07) is 15.5. The minimum absolute atomic E-state index is 0.0585. The van der Waals surface area contributed by atoms with Crippen molar-refractivity contribution in [3.8, 4) is 0 Å². The van der Waals surface area contributed by atoms with Crippen molar-refractivity contribution in [2.75, 3.05) is 11.4 Å². The summed E-state index contributed by atoms with van der Waals surface area (Å²) >= 11 is 0. The van der Waals surface area contributed by atoms with Crippen LogP contribution in [0.25, 0.3) is 0 Å². The van der Waals surface area contributed by atoms with Crippen LogP contribution >= 0.6 is 0 Å². The maximum atomic E-state index is 12.4. The number of carbonyl (C=O) groups excluding carboxylic acids is 2. The molecule has 138 valence electrons. The number of para-hydroxylation sites is 1. The maximum Gasteiger partial charge on any atom is 0.285 e. The van der Waals surface area contributed by atoms with E-state index in [2.05, 4.69) is 15.2 Å². The van der Waals surface area contributed by atoms with Crippen molar-refractivity contribution in [2.24, 2.45) is 10.3 Å². The Balaban J connectivity index is 1.43. The van der Waals surface area contributed by atoms with Crippen molar-refractivity contribution in [3.63, 3.8) is 0 Å². The van der Waals surface area contributed by atoms with Gasteiger partial charge < -0.3 is 4.90 Å². The fraction of sp³-hybridized carbons (Fsp3) is 0.167. The normalized spacial score (nSPS) is 20.1. The molecule has 0 aliphatic carbocycles.